The maximum atomic E-state index is 14.8. The van der Waals surface area contributed by atoms with Crippen LogP contribution in [0.5, 0.6) is 0 Å². The lowest BCUT2D eigenvalue weighted by atomic mass is 9.95. The summed E-state index contributed by atoms with van der Waals surface area (Å²) in [5, 5.41) is 11.5. The van der Waals surface area contributed by atoms with Gasteiger partial charge in [0, 0.05) is 69.2 Å². The van der Waals surface area contributed by atoms with Crippen molar-refractivity contribution in [1.82, 2.24) is 30.0 Å². The molecule has 3 saturated heterocycles. The van der Waals surface area contributed by atoms with Crippen LogP contribution in [0.25, 0.3) is 0 Å². The Labute approximate surface area is 384 Å². The van der Waals surface area contributed by atoms with Crippen molar-refractivity contribution in [2.75, 3.05) is 66.7 Å². The summed E-state index contributed by atoms with van der Waals surface area (Å²) >= 11 is 6.16. The molecular weight excluding hydrogens is 867 g/mol. The lowest BCUT2D eigenvalue weighted by molar-refractivity contribution is -0.136. The summed E-state index contributed by atoms with van der Waals surface area (Å²) in [6.07, 6.45) is 3.30. The molecule has 16 nitrogen and oxygen atoms in total. The third-order valence-electron chi connectivity index (χ3n) is 12.5. The van der Waals surface area contributed by atoms with E-state index in [1.807, 2.05) is 35.2 Å². The molecule has 0 bridgehead atoms. The van der Waals surface area contributed by atoms with Gasteiger partial charge in [-0.1, -0.05) is 41.9 Å². The van der Waals surface area contributed by atoms with Crippen molar-refractivity contribution >= 4 is 81.6 Å². The number of para-hydroxylation sites is 1. The molecular formula is C48H46ClFN10O6. The molecule has 4 N–H and O–H groups in total. The number of imide groups is 2. The molecule has 5 heterocycles. The quantitative estimate of drug-likeness (QED) is 0.107. The number of likely N-dealkylation sites (tertiary alicyclic amines) is 1. The van der Waals surface area contributed by atoms with Crippen molar-refractivity contribution in [3.63, 3.8) is 0 Å². The number of piperidine rings is 2. The average Bonchev–Trinajstić information content (AvgIpc) is 3.58. The van der Waals surface area contributed by atoms with E-state index in [1.54, 1.807) is 60.7 Å². The Hall–Kier alpha value is -7.24. The summed E-state index contributed by atoms with van der Waals surface area (Å²) < 4.78 is 14.8. The number of aromatic nitrogens is 2. The Morgan fingerprint density at radius 1 is 0.788 bits per heavy atom. The van der Waals surface area contributed by atoms with E-state index in [4.69, 9.17) is 11.6 Å². The number of nitrogens with one attached hydrogen (secondary N) is 4. The topological polar surface area (TPSA) is 189 Å². The molecule has 4 aliphatic rings. The van der Waals surface area contributed by atoms with E-state index in [9.17, 15) is 33.2 Å². The summed E-state index contributed by atoms with van der Waals surface area (Å²) in [7, 11) is 0. The van der Waals surface area contributed by atoms with E-state index < -0.39 is 35.5 Å². The number of anilines is 6. The van der Waals surface area contributed by atoms with Crippen LogP contribution in [0.3, 0.4) is 0 Å². The first-order valence-corrected chi connectivity index (χ1v) is 22.3. The number of halogens is 2. The van der Waals surface area contributed by atoms with Gasteiger partial charge in [0.05, 0.1) is 40.1 Å². The number of benzene rings is 4. The van der Waals surface area contributed by atoms with Crippen molar-refractivity contribution < 1.29 is 33.2 Å². The molecule has 0 aliphatic carbocycles. The second-order valence-electron chi connectivity index (χ2n) is 16.8. The highest BCUT2D eigenvalue weighted by Gasteiger charge is 2.46. The lowest BCUT2D eigenvalue weighted by Gasteiger charge is -2.40. The highest BCUT2D eigenvalue weighted by atomic mass is 35.5. The van der Waals surface area contributed by atoms with Crippen LogP contribution >= 0.6 is 11.6 Å². The van der Waals surface area contributed by atoms with Crippen LogP contribution < -0.4 is 26.2 Å². The molecule has 1 atom stereocenters. The SMILES string of the molecule is O=C1CCC(N2C(=O)c3cccc(N4CCN(CC5CCN(C(=O)Cc6ccc(Nc7ncc(F)c(Nc8ccc(C(=O)Nc9ccccc9Cl)cc8)n7)cc6)CC5)CC4)c3C2=O)C(=O)N1. The van der Waals surface area contributed by atoms with Gasteiger partial charge >= 0.3 is 0 Å². The standard InChI is InChI=1S/C48H46ClFN10O6/c49-35-5-1-2-6-37(35)54-44(63)31-10-14-32(15-11-31)52-43-36(50)27-51-48(56-43)53-33-12-8-29(9-13-33)26-41(62)59-20-18-30(19-21-59)28-57-22-24-58(25-23-57)38-7-3-4-34-42(38)47(66)60(46(34)65)39-16-17-40(61)55-45(39)64/h1-15,27,30,39H,16-26,28H2,(H,54,63)(H,55,61,64)(H2,51,52,53,56). The first-order chi connectivity index (χ1) is 32.0. The van der Waals surface area contributed by atoms with Gasteiger partial charge in [0.15, 0.2) is 11.6 Å². The van der Waals surface area contributed by atoms with Crippen LogP contribution in [0.15, 0.2) is 97.2 Å². The summed E-state index contributed by atoms with van der Waals surface area (Å²) in [5.74, 6) is -2.43. The smallest absolute Gasteiger partial charge is 0.264 e. The fourth-order valence-electron chi connectivity index (χ4n) is 8.90. The minimum atomic E-state index is -1.01. The second kappa shape index (κ2) is 19.1. The van der Waals surface area contributed by atoms with E-state index in [-0.39, 0.29) is 48.4 Å². The number of hydrogen-bond acceptors (Lipinski definition) is 12. The second-order valence-corrected chi connectivity index (χ2v) is 17.2. The molecule has 1 unspecified atom stereocenters. The van der Waals surface area contributed by atoms with Crippen molar-refractivity contribution in [1.29, 1.82) is 0 Å². The average molecular weight is 913 g/mol. The third-order valence-corrected chi connectivity index (χ3v) is 12.8. The predicted molar refractivity (Wildman–Crippen MR) is 246 cm³/mol. The van der Waals surface area contributed by atoms with Crippen LogP contribution in [-0.2, 0) is 20.8 Å². The van der Waals surface area contributed by atoms with E-state index in [2.05, 4.69) is 41.0 Å². The number of carbonyl (C=O) groups excluding carboxylic acids is 6. The highest BCUT2D eigenvalue weighted by Crippen LogP contribution is 2.35. The number of carbonyl (C=O) groups is 6. The molecule has 5 aromatic rings. The van der Waals surface area contributed by atoms with E-state index in [0.717, 1.165) is 49.1 Å². The largest absolute Gasteiger partial charge is 0.368 e. The summed E-state index contributed by atoms with van der Waals surface area (Å²) in [4.78, 5) is 93.2. The lowest BCUT2D eigenvalue weighted by Crippen LogP contribution is -2.54. The molecule has 4 aliphatic heterocycles. The van der Waals surface area contributed by atoms with Crippen molar-refractivity contribution in [3.8, 4) is 0 Å². The molecule has 0 saturated carbocycles. The van der Waals surface area contributed by atoms with Crippen molar-refractivity contribution in [2.24, 2.45) is 5.92 Å². The number of fused-ring (bicyclic) bond motifs is 1. The number of rotatable bonds is 12. The number of piperazine rings is 1. The Morgan fingerprint density at radius 3 is 2.23 bits per heavy atom. The van der Waals surface area contributed by atoms with Crippen molar-refractivity contribution in [2.45, 2.75) is 38.1 Å². The van der Waals surface area contributed by atoms with Crippen molar-refractivity contribution in [3.05, 3.63) is 130 Å². The third kappa shape index (κ3) is 9.58. The van der Waals surface area contributed by atoms with Gasteiger partial charge in [-0.15, -0.1) is 0 Å². The minimum Gasteiger partial charge on any atom is -0.368 e. The maximum Gasteiger partial charge on any atom is 0.264 e. The number of amides is 6. The number of hydrogen-bond donors (Lipinski definition) is 4. The van der Waals surface area contributed by atoms with Crippen LogP contribution in [0.1, 0.15) is 62.3 Å². The van der Waals surface area contributed by atoms with Crippen LogP contribution in [0.4, 0.5) is 38.9 Å². The van der Waals surface area contributed by atoms with E-state index in [0.29, 0.717) is 71.0 Å². The fourth-order valence-corrected chi connectivity index (χ4v) is 9.08. The number of nitrogens with zero attached hydrogens (tertiary/aromatic N) is 6. The monoisotopic (exact) mass is 912 g/mol. The maximum absolute atomic E-state index is 14.8. The molecule has 0 radical (unpaired) electrons. The van der Waals surface area contributed by atoms with Crippen LogP contribution in [0.2, 0.25) is 5.02 Å². The molecule has 6 amide bonds. The van der Waals surface area contributed by atoms with Gasteiger partial charge in [0.25, 0.3) is 17.7 Å². The zero-order chi connectivity index (χ0) is 45.9. The normalized spacial score (nSPS) is 18.0. The Bertz CT molecular complexity index is 2710. The fraction of sp³-hybridized carbons (Fsp3) is 0.292. The molecule has 0 spiro atoms. The van der Waals surface area contributed by atoms with Gasteiger partial charge in [-0.05, 0) is 91.4 Å². The molecule has 338 valence electrons. The van der Waals surface area contributed by atoms with E-state index in [1.165, 1.54) is 0 Å². The molecule has 3 fully saturated rings. The van der Waals surface area contributed by atoms with Gasteiger partial charge in [0.2, 0.25) is 23.7 Å². The zero-order valence-electron chi connectivity index (χ0n) is 35.8. The molecule has 9 rings (SSSR count). The van der Waals surface area contributed by atoms with Gasteiger partial charge in [0.1, 0.15) is 6.04 Å². The summed E-state index contributed by atoms with van der Waals surface area (Å²) in [6, 6.07) is 25.0. The molecule has 1 aromatic heterocycles. The van der Waals surface area contributed by atoms with Gasteiger partial charge < -0.3 is 25.8 Å². The highest BCUT2D eigenvalue weighted by molar-refractivity contribution is 6.34. The summed E-state index contributed by atoms with van der Waals surface area (Å²) in [6.45, 7) is 5.17. The Kier molecular flexibility index (Phi) is 12.7. The minimum absolute atomic E-state index is 0.0543. The zero-order valence-corrected chi connectivity index (χ0v) is 36.5. The first kappa shape index (κ1) is 44.0. The Morgan fingerprint density at radius 2 is 1.50 bits per heavy atom. The van der Waals surface area contributed by atoms with Crippen LogP contribution in [0, 0.1) is 11.7 Å². The van der Waals surface area contributed by atoms with Gasteiger partial charge in [-0.2, -0.15) is 4.98 Å². The van der Waals surface area contributed by atoms with Gasteiger partial charge in [-0.3, -0.25) is 43.9 Å². The first-order valence-electron chi connectivity index (χ1n) is 21.9. The molecule has 18 heteroatoms. The predicted octanol–water partition coefficient (Wildman–Crippen LogP) is 6.01. The van der Waals surface area contributed by atoms with Gasteiger partial charge in [-0.25, -0.2) is 9.37 Å². The van der Waals surface area contributed by atoms with E-state index >= 15 is 0 Å². The molecule has 66 heavy (non-hydrogen) atoms. The summed E-state index contributed by atoms with van der Waals surface area (Å²) in [5.41, 5.74) is 4.19. The Balaban J connectivity index is 0.714. The molecule has 4 aromatic carbocycles. The van der Waals surface area contributed by atoms with Crippen LogP contribution in [-0.4, -0.2) is 112 Å².